The molecule has 0 radical (unpaired) electrons. The minimum Gasteiger partial charge on any atom is -0.328 e. The highest BCUT2D eigenvalue weighted by Gasteiger charge is 2.20. The summed E-state index contributed by atoms with van der Waals surface area (Å²) in [5.41, 5.74) is 5.85. The van der Waals surface area contributed by atoms with Crippen LogP contribution in [0.25, 0.3) is 0 Å². The average molecular weight is 423 g/mol. The first-order valence-corrected chi connectivity index (χ1v) is 12.9. The molecule has 0 aliphatic carbocycles. The van der Waals surface area contributed by atoms with Crippen molar-refractivity contribution in [2.75, 3.05) is 27.2 Å². The second kappa shape index (κ2) is 13.7. The molecule has 0 spiro atoms. The molecule has 0 saturated carbocycles. The molecular formula is C30H48N+. The normalized spacial score (nSPS) is 11.9. The van der Waals surface area contributed by atoms with E-state index in [-0.39, 0.29) is 0 Å². The Kier molecular flexibility index (Phi) is 11.4. The van der Waals surface area contributed by atoms with Crippen molar-refractivity contribution < 1.29 is 4.48 Å². The minimum absolute atomic E-state index is 0.505. The Morgan fingerprint density at radius 3 is 1.58 bits per heavy atom. The van der Waals surface area contributed by atoms with Gasteiger partial charge in [-0.2, -0.15) is 0 Å². The highest BCUT2D eigenvalue weighted by molar-refractivity contribution is 5.40. The Balaban J connectivity index is 1.85. The van der Waals surface area contributed by atoms with Crippen molar-refractivity contribution >= 4 is 0 Å². The summed E-state index contributed by atoms with van der Waals surface area (Å²) in [5.74, 6) is 0.505. The van der Waals surface area contributed by atoms with Crippen LogP contribution in [0.1, 0.15) is 99.3 Å². The Labute approximate surface area is 193 Å². The number of hydrogen-bond donors (Lipinski definition) is 0. The minimum atomic E-state index is 0.505. The first kappa shape index (κ1) is 25.7. The predicted octanol–water partition coefficient (Wildman–Crippen LogP) is 8.43. The van der Waals surface area contributed by atoms with Crippen molar-refractivity contribution in [3.63, 3.8) is 0 Å². The van der Waals surface area contributed by atoms with Gasteiger partial charge in [0.15, 0.2) is 0 Å². The lowest BCUT2D eigenvalue weighted by molar-refractivity contribution is -0.890. The predicted molar refractivity (Wildman–Crippen MR) is 138 cm³/mol. The fraction of sp³-hybridized carbons (Fsp3) is 0.600. The van der Waals surface area contributed by atoms with Gasteiger partial charge < -0.3 is 4.48 Å². The van der Waals surface area contributed by atoms with Gasteiger partial charge >= 0.3 is 0 Å². The van der Waals surface area contributed by atoms with Crippen LogP contribution >= 0.6 is 0 Å². The monoisotopic (exact) mass is 422 g/mol. The number of rotatable bonds is 15. The standard InChI is InChI=1S/C30H48N/c1-6-7-8-9-10-11-12-17-24-31(4,5)25-18-23-30(28-21-15-13-19-26(28)2)29-22-16-14-20-27(29)3/h13-16,19-22,30H,6-12,17-18,23-25H2,1-5H3/q+1. The van der Waals surface area contributed by atoms with Crippen molar-refractivity contribution in [2.45, 2.75) is 90.9 Å². The van der Waals surface area contributed by atoms with Crippen molar-refractivity contribution in [3.8, 4) is 0 Å². The zero-order valence-electron chi connectivity index (χ0n) is 21.1. The number of nitrogens with zero attached hydrogens (tertiary/aromatic N) is 1. The third-order valence-electron chi connectivity index (χ3n) is 7.00. The van der Waals surface area contributed by atoms with Crippen molar-refractivity contribution in [1.82, 2.24) is 0 Å². The fourth-order valence-electron chi connectivity index (χ4n) is 4.94. The van der Waals surface area contributed by atoms with Crippen LogP contribution in [0.3, 0.4) is 0 Å². The van der Waals surface area contributed by atoms with E-state index in [1.165, 1.54) is 99.6 Å². The Morgan fingerprint density at radius 1 is 0.613 bits per heavy atom. The molecule has 1 heteroatoms. The highest BCUT2D eigenvalue weighted by Crippen LogP contribution is 2.33. The van der Waals surface area contributed by atoms with Gasteiger partial charge in [-0.15, -0.1) is 0 Å². The molecule has 0 heterocycles. The van der Waals surface area contributed by atoms with E-state index < -0.39 is 0 Å². The second-order valence-electron chi connectivity index (χ2n) is 10.3. The summed E-state index contributed by atoms with van der Waals surface area (Å²) in [7, 11) is 4.86. The smallest absolute Gasteiger partial charge is 0.0782 e. The Morgan fingerprint density at radius 2 is 1.06 bits per heavy atom. The lowest BCUT2D eigenvalue weighted by atomic mass is 9.83. The summed E-state index contributed by atoms with van der Waals surface area (Å²) in [6.07, 6.45) is 13.8. The molecule has 2 rings (SSSR count). The Bertz CT molecular complexity index is 700. The molecule has 0 aromatic heterocycles. The molecule has 1 nitrogen and oxygen atoms in total. The van der Waals surface area contributed by atoms with E-state index in [0.29, 0.717) is 5.92 Å². The van der Waals surface area contributed by atoms with Crippen LogP contribution in [0, 0.1) is 13.8 Å². The van der Waals surface area contributed by atoms with Crippen LogP contribution < -0.4 is 0 Å². The molecule has 0 amide bonds. The van der Waals surface area contributed by atoms with Crippen LogP contribution in [0.4, 0.5) is 0 Å². The molecule has 2 aromatic carbocycles. The Hall–Kier alpha value is -1.60. The van der Waals surface area contributed by atoms with E-state index in [1.54, 1.807) is 0 Å². The summed E-state index contributed by atoms with van der Waals surface area (Å²) in [6, 6.07) is 18.0. The van der Waals surface area contributed by atoms with Gasteiger partial charge in [0, 0.05) is 5.92 Å². The third kappa shape index (κ3) is 9.19. The highest BCUT2D eigenvalue weighted by atomic mass is 15.3. The lowest BCUT2D eigenvalue weighted by Crippen LogP contribution is -2.41. The van der Waals surface area contributed by atoms with Gasteiger partial charge in [-0.05, 0) is 61.8 Å². The lowest BCUT2D eigenvalue weighted by Gasteiger charge is -2.31. The molecular weight excluding hydrogens is 374 g/mol. The molecule has 0 N–H and O–H groups in total. The maximum atomic E-state index is 2.43. The van der Waals surface area contributed by atoms with Crippen LogP contribution in [-0.4, -0.2) is 31.7 Å². The largest absolute Gasteiger partial charge is 0.328 e. The molecule has 2 aromatic rings. The van der Waals surface area contributed by atoms with Crippen LogP contribution in [-0.2, 0) is 0 Å². The van der Waals surface area contributed by atoms with Crippen molar-refractivity contribution in [3.05, 3.63) is 70.8 Å². The van der Waals surface area contributed by atoms with E-state index in [0.717, 1.165) is 4.48 Å². The zero-order chi connectivity index (χ0) is 22.5. The number of quaternary nitrogens is 1. The maximum Gasteiger partial charge on any atom is 0.0782 e. The first-order valence-electron chi connectivity index (χ1n) is 12.9. The van der Waals surface area contributed by atoms with Crippen molar-refractivity contribution in [1.29, 1.82) is 0 Å². The molecule has 0 fully saturated rings. The molecule has 0 bridgehead atoms. The van der Waals surface area contributed by atoms with E-state index in [9.17, 15) is 0 Å². The molecule has 0 atom stereocenters. The van der Waals surface area contributed by atoms with Crippen LogP contribution in [0.15, 0.2) is 48.5 Å². The third-order valence-corrected chi connectivity index (χ3v) is 7.00. The average Bonchev–Trinajstić information content (AvgIpc) is 2.74. The van der Waals surface area contributed by atoms with Gasteiger partial charge in [0.2, 0.25) is 0 Å². The fourth-order valence-corrected chi connectivity index (χ4v) is 4.94. The van der Waals surface area contributed by atoms with E-state index in [1.807, 2.05) is 0 Å². The molecule has 31 heavy (non-hydrogen) atoms. The van der Waals surface area contributed by atoms with Crippen LogP contribution in [0.2, 0.25) is 0 Å². The zero-order valence-corrected chi connectivity index (χ0v) is 21.1. The van der Waals surface area contributed by atoms with Gasteiger partial charge in [-0.25, -0.2) is 0 Å². The first-order chi connectivity index (χ1) is 14.9. The molecule has 0 saturated heterocycles. The summed E-state index contributed by atoms with van der Waals surface area (Å²) in [6.45, 7) is 9.41. The van der Waals surface area contributed by atoms with Gasteiger partial charge in [0.1, 0.15) is 0 Å². The van der Waals surface area contributed by atoms with E-state index in [2.05, 4.69) is 83.4 Å². The van der Waals surface area contributed by atoms with Gasteiger partial charge in [0.25, 0.3) is 0 Å². The number of aryl methyl sites for hydroxylation is 2. The van der Waals surface area contributed by atoms with E-state index >= 15 is 0 Å². The molecule has 0 aliphatic rings. The van der Waals surface area contributed by atoms with Gasteiger partial charge in [-0.3, -0.25) is 0 Å². The van der Waals surface area contributed by atoms with Crippen LogP contribution in [0.5, 0.6) is 0 Å². The van der Waals surface area contributed by atoms with Gasteiger partial charge in [0.05, 0.1) is 27.2 Å². The number of benzene rings is 2. The second-order valence-corrected chi connectivity index (χ2v) is 10.3. The quantitative estimate of drug-likeness (QED) is 0.199. The summed E-state index contributed by atoms with van der Waals surface area (Å²) >= 11 is 0. The summed E-state index contributed by atoms with van der Waals surface area (Å²) < 4.78 is 1.16. The van der Waals surface area contributed by atoms with E-state index in [4.69, 9.17) is 0 Å². The maximum absolute atomic E-state index is 2.43. The molecule has 0 aliphatic heterocycles. The topological polar surface area (TPSA) is 0 Å². The summed E-state index contributed by atoms with van der Waals surface area (Å²) in [5, 5.41) is 0. The van der Waals surface area contributed by atoms with Gasteiger partial charge in [-0.1, -0.05) is 94.0 Å². The number of unbranched alkanes of at least 4 members (excludes halogenated alkanes) is 7. The molecule has 172 valence electrons. The molecule has 0 unspecified atom stereocenters. The van der Waals surface area contributed by atoms with Crippen molar-refractivity contribution in [2.24, 2.45) is 0 Å². The SMILES string of the molecule is CCCCCCCCCC[N+](C)(C)CCCC(c1ccccc1C)c1ccccc1C. The summed E-state index contributed by atoms with van der Waals surface area (Å²) in [4.78, 5) is 0. The number of hydrogen-bond acceptors (Lipinski definition) is 0.